The van der Waals surface area contributed by atoms with E-state index in [-0.39, 0.29) is 11.7 Å². The van der Waals surface area contributed by atoms with Gasteiger partial charge in [-0.15, -0.1) is 10.2 Å². The maximum Gasteiger partial charge on any atom is 0.234 e. The molecule has 0 unspecified atom stereocenters. The molecule has 0 saturated carbocycles. The van der Waals surface area contributed by atoms with Crippen molar-refractivity contribution in [2.24, 2.45) is 0 Å². The van der Waals surface area contributed by atoms with Gasteiger partial charge in [0.25, 0.3) is 0 Å². The second-order valence-electron chi connectivity index (χ2n) is 6.55. The van der Waals surface area contributed by atoms with Crippen LogP contribution in [0.15, 0.2) is 88.5 Å². The van der Waals surface area contributed by atoms with Crippen molar-refractivity contribution in [1.29, 1.82) is 0 Å². The molecule has 156 valence electrons. The molecule has 3 aromatic carbocycles. The first kappa shape index (κ1) is 21.1. The molecular weight excluding hydrogens is 476 g/mol. The summed E-state index contributed by atoms with van der Waals surface area (Å²) in [4.78, 5) is 12.5. The molecular formula is C23H19BrN4O2S. The predicted molar refractivity (Wildman–Crippen MR) is 127 cm³/mol. The quantitative estimate of drug-likeness (QED) is 0.346. The zero-order chi connectivity index (χ0) is 21.6. The van der Waals surface area contributed by atoms with Gasteiger partial charge in [-0.25, -0.2) is 0 Å². The number of aromatic nitrogens is 3. The molecule has 0 bridgehead atoms. The summed E-state index contributed by atoms with van der Waals surface area (Å²) in [7, 11) is 1.61. The van der Waals surface area contributed by atoms with Crippen molar-refractivity contribution in [2.45, 2.75) is 5.16 Å². The summed E-state index contributed by atoms with van der Waals surface area (Å²) in [6, 6.07) is 25.0. The summed E-state index contributed by atoms with van der Waals surface area (Å²) in [5, 5.41) is 12.3. The first-order chi connectivity index (χ1) is 15.1. The van der Waals surface area contributed by atoms with E-state index in [2.05, 4.69) is 31.4 Å². The van der Waals surface area contributed by atoms with Crippen LogP contribution in [0.25, 0.3) is 17.1 Å². The van der Waals surface area contributed by atoms with Crippen LogP contribution in [0.3, 0.4) is 0 Å². The van der Waals surface area contributed by atoms with Gasteiger partial charge in [0.2, 0.25) is 5.91 Å². The number of carbonyl (C=O) groups is 1. The summed E-state index contributed by atoms with van der Waals surface area (Å²) >= 11 is 4.85. The third-order valence-corrected chi connectivity index (χ3v) is 5.86. The fourth-order valence-electron chi connectivity index (χ4n) is 2.99. The standard InChI is InChI=1S/C23H19BrN4O2S/c1-30-20-12-10-18(11-13-20)25-21(29)15-31-23-27-26-22(16-6-5-7-17(24)14-16)28(23)19-8-3-2-4-9-19/h2-14H,15H2,1H3,(H,25,29). The summed E-state index contributed by atoms with van der Waals surface area (Å²) in [5.41, 5.74) is 2.58. The number of nitrogens with one attached hydrogen (secondary N) is 1. The lowest BCUT2D eigenvalue weighted by atomic mass is 10.2. The van der Waals surface area contributed by atoms with Crippen LogP contribution < -0.4 is 10.1 Å². The molecule has 0 fully saturated rings. The second kappa shape index (κ2) is 9.80. The molecule has 31 heavy (non-hydrogen) atoms. The van der Waals surface area contributed by atoms with Crippen LogP contribution in [0.2, 0.25) is 0 Å². The molecule has 6 nitrogen and oxygen atoms in total. The molecule has 0 spiro atoms. The van der Waals surface area contributed by atoms with E-state index in [1.54, 1.807) is 31.4 Å². The van der Waals surface area contributed by atoms with Crippen molar-refractivity contribution < 1.29 is 9.53 Å². The van der Waals surface area contributed by atoms with E-state index in [9.17, 15) is 4.79 Å². The van der Waals surface area contributed by atoms with E-state index >= 15 is 0 Å². The number of thioether (sulfide) groups is 1. The number of anilines is 1. The minimum absolute atomic E-state index is 0.123. The number of hydrogen-bond acceptors (Lipinski definition) is 5. The van der Waals surface area contributed by atoms with Crippen molar-refractivity contribution in [2.75, 3.05) is 18.2 Å². The number of carbonyl (C=O) groups excluding carboxylic acids is 1. The van der Waals surface area contributed by atoms with Gasteiger partial charge in [0, 0.05) is 21.4 Å². The molecule has 0 aliphatic rings. The van der Waals surface area contributed by atoms with Crippen LogP contribution in [-0.4, -0.2) is 33.5 Å². The van der Waals surface area contributed by atoms with Gasteiger partial charge >= 0.3 is 0 Å². The average Bonchev–Trinajstić information content (AvgIpc) is 3.23. The van der Waals surface area contributed by atoms with Gasteiger partial charge < -0.3 is 10.1 Å². The molecule has 1 aromatic heterocycles. The Balaban J connectivity index is 1.56. The Morgan fingerprint density at radius 1 is 1.03 bits per heavy atom. The van der Waals surface area contributed by atoms with Gasteiger partial charge in [-0.05, 0) is 48.5 Å². The zero-order valence-corrected chi connectivity index (χ0v) is 19.1. The largest absolute Gasteiger partial charge is 0.497 e. The van der Waals surface area contributed by atoms with E-state index in [1.165, 1.54) is 11.8 Å². The van der Waals surface area contributed by atoms with E-state index in [0.29, 0.717) is 16.7 Å². The molecule has 1 amide bonds. The highest BCUT2D eigenvalue weighted by Gasteiger charge is 2.17. The van der Waals surface area contributed by atoms with E-state index in [4.69, 9.17) is 4.74 Å². The second-order valence-corrected chi connectivity index (χ2v) is 8.41. The maximum absolute atomic E-state index is 12.5. The van der Waals surface area contributed by atoms with Crippen molar-refractivity contribution in [3.63, 3.8) is 0 Å². The fraction of sp³-hybridized carbons (Fsp3) is 0.0870. The molecule has 4 rings (SSSR count). The van der Waals surface area contributed by atoms with Gasteiger partial charge in [-0.3, -0.25) is 9.36 Å². The fourth-order valence-corrected chi connectivity index (χ4v) is 4.14. The Morgan fingerprint density at radius 2 is 1.81 bits per heavy atom. The minimum atomic E-state index is -0.123. The number of hydrogen-bond donors (Lipinski definition) is 1. The number of amides is 1. The first-order valence-corrected chi connectivity index (χ1v) is 11.3. The third kappa shape index (κ3) is 5.15. The van der Waals surface area contributed by atoms with Crippen molar-refractivity contribution in [1.82, 2.24) is 14.8 Å². The third-order valence-electron chi connectivity index (χ3n) is 4.44. The normalized spacial score (nSPS) is 10.6. The highest BCUT2D eigenvalue weighted by atomic mass is 79.9. The molecule has 1 heterocycles. The number of rotatable bonds is 7. The number of nitrogens with zero attached hydrogens (tertiary/aromatic N) is 3. The first-order valence-electron chi connectivity index (χ1n) is 9.47. The van der Waals surface area contributed by atoms with E-state index in [0.717, 1.165) is 21.5 Å². The van der Waals surface area contributed by atoms with E-state index in [1.807, 2.05) is 59.2 Å². The summed E-state index contributed by atoms with van der Waals surface area (Å²) in [6.45, 7) is 0. The number of benzene rings is 3. The smallest absolute Gasteiger partial charge is 0.234 e. The monoisotopic (exact) mass is 494 g/mol. The van der Waals surface area contributed by atoms with Gasteiger partial charge in [-0.2, -0.15) is 0 Å². The van der Waals surface area contributed by atoms with Crippen LogP contribution in [0.4, 0.5) is 5.69 Å². The summed E-state index contributed by atoms with van der Waals surface area (Å²) < 4.78 is 8.07. The molecule has 0 aliphatic carbocycles. The number of methoxy groups -OCH3 is 1. The number of para-hydroxylation sites is 1. The molecule has 0 radical (unpaired) electrons. The Morgan fingerprint density at radius 3 is 2.52 bits per heavy atom. The van der Waals surface area contributed by atoms with Crippen molar-refractivity contribution >= 4 is 39.3 Å². The van der Waals surface area contributed by atoms with Crippen LogP contribution >= 0.6 is 27.7 Å². The van der Waals surface area contributed by atoms with Crippen LogP contribution in [-0.2, 0) is 4.79 Å². The molecule has 0 saturated heterocycles. The maximum atomic E-state index is 12.5. The minimum Gasteiger partial charge on any atom is -0.497 e. The molecule has 0 atom stereocenters. The Kier molecular flexibility index (Phi) is 6.69. The highest BCUT2D eigenvalue weighted by molar-refractivity contribution is 9.10. The SMILES string of the molecule is COc1ccc(NC(=O)CSc2nnc(-c3cccc(Br)c3)n2-c2ccccc2)cc1. The zero-order valence-electron chi connectivity index (χ0n) is 16.7. The topological polar surface area (TPSA) is 69.0 Å². The summed E-state index contributed by atoms with van der Waals surface area (Å²) in [6.07, 6.45) is 0. The Labute approximate surface area is 192 Å². The van der Waals surface area contributed by atoms with E-state index < -0.39 is 0 Å². The Hall–Kier alpha value is -3.10. The lowest BCUT2D eigenvalue weighted by molar-refractivity contribution is -0.113. The molecule has 4 aromatic rings. The van der Waals surface area contributed by atoms with Gasteiger partial charge in [-0.1, -0.05) is 58.0 Å². The van der Waals surface area contributed by atoms with Crippen LogP contribution in [0.5, 0.6) is 5.75 Å². The average molecular weight is 495 g/mol. The van der Waals surface area contributed by atoms with Gasteiger partial charge in [0.1, 0.15) is 5.75 Å². The number of ether oxygens (including phenoxy) is 1. The predicted octanol–water partition coefficient (Wildman–Crippen LogP) is 5.44. The van der Waals surface area contributed by atoms with Crippen LogP contribution in [0.1, 0.15) is 0 Å². The lowest BCUT2D eigenvalue weighted by Gasteiger charge is -2.11. The highest BCUT2D eigenvalue weighted by Crippen LogP contribution is 2.29. The lowest BCUT2D eigenvalue weighted by Crippen LogP contribution is -2.14. The van der Waals surface area contributed by atoms with Crippen molar-refractivity contribution in [3.05, 3.63) is 83.3 Å². The van der Waals surface area contributed by atoms with Crippen molar-refractivity contribution in [3.8, 4) is 22.8 Å². The molecule has 0 aliphatic heterocycles. The van der Waals surface area contributed by atoms with Gasteiger partial charge in [0.05, 0.1) is 12.9 Å². The number of halogens is 1. The molecule has 1 N–H and O–H groups in total. The summed E-state index contributed by atoms with van der Waals surface area (Å²) in [5.74, 6) is 1.53. The Bertz CT molecular complexity index is 1180. The van der Waals surface area contributed by atoms with Crippen LogP contribution in [0, 0.1) is 0 Å². The molecule has 8 heteroatoms. The van der Waals surface area contributed by atoms with Gasteiger partial charge in [0.15, 0.2) is 11.0 Å².